The minimum absolute atomic E-state index is 0.109. The predicted octanol–water partition coefficient (Wildman–Crippen LogP) is 1.55. The highest BCUT2D eigenvalue weighted by molar-refractivity contribution is 5.82. The molecule has 0 aliphatic heterocycles. The van der Waals surface area contributed by atoms with E-state index >= 15 is 0 Å². The number of amides is 2. The second kappa shape index (κ2) is 8.74. The summed E-state index contributed by atoms with van der Waals surface area (Å²) in [5.41, 5.74) is 0. The van der Waals surface area contributed by atoms with E-state index in [1.807, 2.05) is 20.8 Å². The third-order valence-electron chi connectivity index (χ3n) is 2.98. The van der Waals surface area contributed by atoms with Crippen LogP contribution in [0.5, 0.6) is 0 Å². The second-order valence-corrected chi connectivity index (χ2v) is 4.99. The molecule has 0 saturated carbocycles. The molecule has 6 heteroatoms. The number of hydrogen-bond acceptors (Lipinski definition) is 3. The molecule has 2 atom stereocenters. The highest BCUT2D eigenvalue weighted by Crippen LogP contribution is 2.08. The first-order valence-corrected chi connectivity index (χ1v) is 6.65. The molecular formula is C13H26N2O4. The van der Waals surface area contributed by atoms with Crippen LogP contribution in [0.4, 0.5) is 4.79 Å². The van der Waals surface area contributed by atoms with E-state index in [-0.39, 0.29) is 18.1 Å². The molecule has 0 aromatic carbocycles. The molecular weight excluding hydrogens is 248 g/mol. The average Bonchev–Trinajstić information content (AvgIpc) is 2.33. The monoisotopic (exact) mass is 274 g/mol. The van der Waals surface area contributed by atoms with Crippen molar-refractivity contribution in [3.05, 3.63) is 0 Å². The summed E-state index contributed by atoms with van der Waals surface area (Å²) in [4.78, 5) is 24.4. The van der Waals surface area contributed by atoms with Gasteiger partial charge in [-0.2, -0.15) is 0 Å². The molecule has 0 aliphatic carbocycles. The normalized spacial score (nSPS) is 14.0. The van der Waals surface area contributed by atoms with Crippen molar-refractivity contribution < 1.29 is 19.4 Å². The number of hydrogen-bond donors (Lipinski definition) is 2. The second-order valence-electron chi connectivity index (χ2n) is 4.99. The number of likely N-dealkylation sites (N-methyl/N-ethyl adjacent to an activating group) is 1. The lowest BCUT2D eigenvalue weighted by Crippen LogP contribution is -2.50. The summed E-state index contributed by atoms with van der Waals surface area (Å²) in [7, 11) is 1.62. The van der Waals surface area contributed by atoms with E-state index in [1.54, 1.807) is 14.0 Å². The number of nitrogens with zero attached hydrogens (tertiary/aromatic N) is 1. The highest BCUT2D eigenvalue weighted by Gasteiger charge is 2.26. The van der Waals surface area contributed by atoms with Crippen LogP contribution in [0.3, 0.4) is 0 Å². The van der Waals surface area contributed by atoms with Gasteiger partial charge in [0.15, 0.2) is 0 Å². The highest BCUT2D eigenvalue weighted by atomic mass is 16.5. The van der Waals surface area contributed by atoms with Crippen LogP contribution in [0, 0.1) is 5.92 Å². The Kier molecular flexibility index (Phi) is 8.14. The van der Waals surface area contributed by atoms with Crippen molar-refractivity contribution in [3.63, 3.8) is 0 Å². The maximum absolute atomic E-state index is 11.8. The Labute approximate surface area is 115 Å². The summed E-state index contributed by atoms with van der Waals surface area (Å²) in [6.07, 6.45) is 0.806. The Morgan fingerprint density at radius 3 is 2.32 bits per heavy atom. The molecule has 0 saturated heterocycles. The number of nitrogens with one attached hydrogen (secondary N) is 1. The van der Waals surface area contributed by atoms with Gasteiger partial charge in [-0.05, 0) is 19.8 Å². The smallest absolute Gasteiger partial charge is 0.326 e. The van der Waals surface area contributed by atoms with Gasteiger partial charge in [0.25, 0.3) is 0 Å². The molecule has 0 aromatic heterocycles. The van der Waals surface area contributed by atoms with Gasteiger partial charge in [0.05, 0.1) is 12.7 Å². The number of carboxylic acid groups (broad SMARTS) is 1. The lowest BCUT2D eigenvalue weighted by molar-refractivity contribution is -0.140. The van der Waals surface area contributed by atoms with Crippen LogP contribution >= 0.6 is 0 Å². The maximum Gasteiger partial charge on any atom is 0.326 e. The van der Waals surface area contributed by atoms with Crippen LogP contribution in [-0.4, -0.2) is 54.4 Å². The SMILES string of the molecule is CCC(C)[C@H](NC(=O)N(C)CCOC(C)C)C(=O)O. The summed E-state index contributed by atoms with van der Waals surface area (Å²) >= 11 is 0. The summed E-state index contributed by atoms with van der Waals surface area (Å²) in [6.45, 7) is 8.40. The maximum atomic E-state index is 11.8. The van der Waals surface area contributed by atoms with Gasteiger partial charge in [-0.1, -0.05) is 20.3 Å². The van der Waals surface area contributed by atoms with Crippen LogP contribution < -0.4 is 5.32 Å². The molecule has 19 heavy (non-hydrogen) atoms. The molecule has 6 nitrogen and oxygen atoms in total. The Morgan fingerprint density at radius 2 is 1.89 bits per heavy atom. The van der Waals surface area contributed by atoms with Gasteiger partial charge in [-0.3, -0.25) is 0 Å². The van der Waals surface area contributed by atoms with Crippen molar-refractivity contribution in [1.82, 2.24) is 10.2 Å². The van der Waals surface area contributed by atoms with E-state index in [0.717, 1.165) is 0 Å². The number of carboxylic acids is 1. The van der Waals surface area contributed by atoms with Crippen molar-refractivity contribution in [2.75, 3.05) is 20.2 Å². The van der Waals surface area contributed by atoms with E-state index in [2.05, 4.69) is 5.32 Å². The average molecular weight is 274 g/mol. The van der Waals surface area contributed by atoms with Gasteiger partial charge >= 0.3 is 12.0 Å². The Morgan fingerprint density at radius 1 is 1.32 bits per heavy atom. The van der Waals surface area contributed by atoms with Crippen molar-refractivity contribution in [3.8, 4) is 0 Å². The molecule has 0 radical (unpaired) electrons. The van der Waals surface area contributed by atoms with E-state index in [1.165, 1.54) is 4.90 Å². The van der Waals surface area contributed by atoms with Gasteiger partial charge in [0, 0.05) is 13.6 Å². The third kappa shape index (κ3) is 7.00. The van der Waals surface area contributed by atoms with Crippen molar-refractivity contribution in [1.29, 1.82) is 0 Å². The fourth-order valence-electron chi connectivity index (χ4n) is 1.45. The first-order valence-electron chi connectivity index (χ1n) is 6.65. The number of rotatable bonds is 8. The molecule has 0 aliphatic rings. The minimum atomic E-state index is -1.01. The van der Waals surface area contributed by atoms with Crippen LogP contribution in [0.15, 0.2) is 0 Å². The van der Waals surface area contributed by atoms with E-state index < -0.39 is 12.0 Å². The van der Waals surface area contributed by atoms with Gasteiger partial charge in [-0.15, -0.1) is 0 Å². The number of aliphatic carboxylic acids is 1. The molecule has 2 amide bonds. The summed E-state index contributed by atoms with van der Waals surface area (Å²) in [5, 5.41) is 11.6. The third-order valence-corrected chi connectivity index (χ3v) is 2.98. The molecule has 0 aromatic rings. The number of ether oxygens (including phenoxy) is 1. The van der Waals surface area contributed by atoms with E-state index in [4.69, 9.17) is 9.84 Å². The van der Waals surface area contributed by atoms with Gasteiger partial charge in [-0.25, -0.2) is 9.59 Å². The molecule has 0 rings (SSSR count). The lowest BCUT2D eigenvalue weighted by atomic mass is 9.99. The molecule has 112 valence electrons. The molecule has 0 heterocycles. The van der Waals surface area contributed by atoms with Gasteiger partial charge in [0.1, 0.15) is 6.04 Å². The predicted molar refractivity (Wildman–Crippen MR) is 73.1 cm³/mol. The first-order chi connectivity index (χ1) is 8.79. The van der Waals surface area contributed by atoms with Crippen molar-refractivity contribution in [2.24, 2.45) is 5.92 Å². The van der Waals surface area contributed by atoms with Gasteiger partial charge in [0.2, 0.25) is 0 Å². The summed E-state index contributed by atoms with van der Waals surface area (Å²) in [5.74, 6) is -1.11. The Bertz CT molecular complexity index is 294. The number of carbonyl (C=O) groups excluding carboxylic acids is 1. The Hall–Kier alpha value is -1.30. The topological polar surface area (TPSA) is 78.9 Å². The molecule has 0 fully saturated rings. The largest absolute Gasteiger partial charge is 0.480 e. The molecule has 0 bridgehead atoms. The molecule has 1 unspecified atom stereocenters. The quantitative estimate of drug-likeness (QED) is 0.704. The van der Waals surface area contributed by atoms with Crippen molar-refractivity contribution in [2.45, 2.75) is 46.3 Å². The van der Waals surface area contributed by atoms with Crippen molar-refractivity contribution >= 4 is 12.0 Å². The lowest BCUT2D eigenvalue weighted by Gasteiger charge is -2.24. The van der Waals surface area contributed by atoms with Gasteiger partial charge < -0.3 is 20.1 Å². The fourth-order valence-corrected chi connectivity index (χ4v) is 1.45. The van der Waals surface area contributed by atoms with Crippen LogP contribution in [-0.2, 0) is 9.53 Å². The van der Waals surface area contributed by atoms with E-state index in [9.17, 15) is 9.59 Å². The van der Waals surface area contributed by atoms with Crippen LogP contribution in [0.25, 0.3) is 0 Å². The zero-order valence-electron chi connectivity index (χ0n) is 12.5. The molecule has 2 N–H and O–H groups in total. The zero-order valence-corrected chi connectivity index (χ0v) is 12.5. The van der Waals surface area contributed by atoms with Crippen LogP contribution in [0.1, 0.15) is 34.1 Å². The Balaban J connectivity index is 4.28. The number of carbonyl (C=O) groups is 2. The zero-order chi connectivity index (χ0) is 15.0. The van der Waals surface area contributed by atoms with Crippen LogP contribution in [0.2, 0.25) is 0 Å². The summed E-state index contributed by atoms with van der Waals surface area (Å²) < 4.78 is 5.35. The first kappa shape index (κ1) is 17.7. The summed E-state index contributed by atoms with van der Waals surface area (Å²) in [6, 6.07) is -1.24. The van der Waals surface area contributed by atoms with E-state index in [0.29, 0.717) is 19.6 Å². The minimum Gasteiger partial charge on any atom is -0.480 e. The number of urea groups is 1. The molecule has 0 spiro atoms. The standard InChI is InChI=1S/C13H26N2O4/c1-6-10(4)11(12(16)17)14-13(18)15(5)7-8-19-9(2)3/h9-11H,6-8H2,1-5H3,(H,14,18)(H,16,17)/t10?,11-/m0/s1. The fraction of sp³-hybridized carbons (Fsp3) is 0.846.